The van der Waals surface area contributed by atoms with Gasteiger partial charge in [0.15, 0.2) is 0 Å². The van der Waals surface area contributed by atoms with Crippen LogP contribution in [0.3, 0.4) is 0 Å². The molecule has 0 atom stereocenters. The summed E-state index contributed by atoms with van der Waals surface area (Å²) in [6.45, 7) is 4.31. The van der Waals surface area contributed by atoms with Gasteiger partial charge in [0.2, 0.25) is 0 Å². The summed E-state index contributed by atoms with van der Waals surface area (Å²) < 4.78 is 2.75. The summed E-state index contributed by atoms with van der Waals surface area (Å²) in [5.74, 6) is 0.901. The lowest BCUT2D eigenvalue weighted by atomic mass is 10.1. The molecule has 0 saturated heterocycles. The Morgan fingerprint density at radius 2 is 2.11 bits per heavy atom. The molecule has 102 valence electrons. The van der Waals surface area contributed by atoms with Crippen LogP contribution in [0.4, 0.5) is 0 Å². The Morgan fingerprint density at radius 3 is 2.68 bits per heavy atom. The van der Waals surface area contributed by atoms with Crippen LogP contribution < -0.4 is 0 Å². The highest BCUT2D eigenvalue weighted by Gasteiger charge is 2.17. The van der Waals surface area contributed by atoms with E-state index in [1.165, 1.54) is 0 Å². The van der Waals surface area contributed by atoms with Crippen molar-refractivity contribution in [2.24, 2.45) is 5.92 Å². The summed E-state index contributed by atoms with van der Waals surface area (Å²) in [6.07, 6.45) is 0.878. The van der Waals surface area contributed by atoms with E-state index in [1.807, 2.05) is 24.3 Å². The number of alkyl halides is 1. The van der Waals surface area contributed by atoms with Gasteiger partial charge in [-0.1, -0.05) is 47.4 Å². The third kappa shape index (κ3) is 3.33. The molecule has 2 aromatic rings. The Balaban J connectivity index is 2.49. The van der Waals surface area contributed by atoms with Crippen molar-refractivity contribution in [3.63, 3.8) is 0 Å². The van der Waals surface area contributed by atoms with Gasteiger partial charge in [-0.05, 0) is 30.5 Å². The Labute approximate surface area is 131 Å². The Bertz CT molecular complexity index is 579. The zero-order valence-electron chi connectivity index (χ0n) is 10.8. The largest absolute Gasteiger partial charge is 0.222 e. The molecule has 1 aromatic heterocycles. The zero-order valence-corrected chi connectivity index (χ0v) is 13.9. The third-order valence-corrected chi connectivity index (χ3v) is 3.94. The van der Waals surface area contributed by atoms with Crippen molar-refractivity contribution in [2.75, 3.05) is 0 Å². The quantitative estimate of drug-likeness (QED) is 0.682. The lowest BCUT2D eigenvalue weighted by Crippen LogP contribution is -2.00. The molecule has 0 N–H and O–H groups in total. The molecule has 0 amide bonds. The van der Waals surface area contributed by atoms with Gasteiger partial charge >= 0.3 is 0 Å². The minimum absolute atomic E-state index is 0.384. The first-order chi connectivity index (χ1) is 9.02. The van der Waals surface area contributed by atoms with Crippen molar-refractivity contribution >= 4 is 39.1 Å². The predicted molar refractivity (Wildman–Crippen MR) is 84.4 cm³/mol. The van der Waals surface area contributed by atoms with Gasteiger partial charge in [-0.3, -0.25) is 0 Å². The van der Waals surface area contributed by atoms with Crippen LogP contribution >= 0.6 is 39.1 Å². The van der Waals surface area contributed by atoms with Crippen LogP contribution in [0.2, 0.25) is 5.15 Å². The van der Waals surface area contributed by atoms with Crippen LogP contribution in [-0.4, -0.2) is 9.78 Å². The molecule has 1 aromatic carbocycles. The topological polar surface area (TPSA) is 17.8 Å². The molecule has 0 aliphatic heterocycles. The standard InChI is InChI=1S/C14H15BrCl2N2/c1-9(2)6-13-12(8-16)14(17)19(18-13)11-5-3-4-10(15)7-11/h3-5,7,9H,6,8H2,1-2H3. The monoisotopic (exact) mass is 360 g/mol. The van der Waals surface area contributed by atoms with E-state index in [9.17, 15) is 0 Å². The van der Waals surface area contributed by atoms with Gasteiger partial charge in [-0.15, -0.1) is 11.6 Å². The first-order valence-electron chi connectivity index (χ1n) is 6.11. The molecular formula is C14H15BrCl2N2. The van der Waals surface area contributed by atoms with Crippen molar-refractivity contribution in [2.45, 2.75) is 26.1 Å². The molecule has 0 spiro atoms. The smallest absolute Gasteiger partial charge is 0.137 e. The van der Waals surface area contributed by atoms with Crippen LogP contribution in [0, 0.1) is 5.92 Å². The number of hydrogen-bond acceptors (Lipinski definition) is 1. The van der Waals surface area contributed by atoms with Crippen molar-refractivity contribution in [3.05, 3.63) is 45.1 Å². The molecule has 19 heavy (non-hydrogen) atoms. The van der Waals surface area contributed by atoms with E-state index in [-0.39, 0.29) is 0 Å². The van der Waals surface area contributed by atoms with Crippen LogP contribution in [0.25, 0.3) is 5.69 Å². The summed E-state index contributed by atoms with van der Waals surface area (Å²) in [5.41, 5.74) is 2.84. The van der Waals surface area contributed by atoms with Gasteiger partial charge in [0.05, 0.1) is 17.3 Å². The second kappa shape index (κ2) is 6.29. The number of benzene rings is 1. The van der Waals surface area contributed by atoms with Gasteiger partial charge in [-0.2, -0.15) is 5.10 Å². The molecule has 2 nitrogen and oxygen atoms in total. The lowest BCUT2D eigenvalue weighted by Gasteiger charge is -2.03. The summed E-state index contributed by atoms with van der Waals surface area (Å²) in [5, 5.41) is 5.21. The maximum Gasteiger partial charge on any atom is 0.137 e. The van der Waals surface area contributed by atoms with E-state index < -0.39 is 0 Å². The third-order valence-electron chi connectivity index (χ3n) is 2.79. The molecule has 1 heterocycles. The van der Waals surface area contributed by atoms with Crippen molar-refractivity contribution in [3.8, 4) is 5.69 Å². The van der Waals surface area contributed by atoms with Crippen LogP contribution in [-0.2, 0) is 12.3 Å². The van der Waals surface area contributed by atoms with Gasteiger partial charge in [0, 0.05) is 10.0 Å². The van der Waals surface area contributed by atoms with Crippen LogP contribution in [0.15, 0.2) is 28.7 Å². The lowest BCUT2D eigenvalue weighted by molar-refractivity contribution is 0.626. The van der Waals surface area contributed by atoms with E-state index in [4.69, 9.17) is 23.2 Å². The molecule has 0 saturated carbocycles. The second-order valence-corrected chi connectivity index (χ2v) is 6.38. The molecule has 0 unspecified atom stereocenters. The summed E-state index contributed by atoms with van der Waals surface area (Å²) in [6, 6.07) is 7.88. The number of aromatic nitrogens is 2. The molecule has 2 rings (SSSR count). The van der Waals surface area contributed by atoms with Crippen LogP contribution in [0.1, 0.15) is 25.1 Å². The summed E-state index contributed by atoms with van der Waals surface area (Å²) in [7, 11) is 0. The van der Waals surface area contributed by atoms with E-state index in [1.54, 1.807) is 4.68 Å². The first kappa shape index (κ1) is 14.9. The molecule has 0 radical (unpaired) electrons. The predicted octanol–water partition coefficient (Wildman–Crippen LogP) is 5.23. The van der Waals surface area contributed by atoms with Gasteiger partial charge in [-0.25, -0.2) is 4.68 Å². The number of rotatable bonds is 4. The number of hydrogen-bond donors (Lipinski definition) is 0. The average Bonchev–Trinajstić information content (AvgIpc) is 2.65. The average molecular weight is 362 g/mol. The summed E-state index contributed by atoms with van der Waals surface area (Å²) in [4.78, 5) is 0. The highest BCUT2D eigenvalue weighted by Crippen LogP contribution is 2.27. The fourth-order valence-corrected chi connectivity index (χ4v) is 2.98. The molecule has 0 bridgehead atoms. The van der Waals surface area contributed by atoms with E-state index in [2.05, 4.69) is 34.9 Å². The van der Waals surface area contributed by atoms with Gasteiger partial charge in [0.1, 0.15) is 5.15 Å². The Morgan fingerprint density at radius 1 is 1.37 bits per heavy atom. The number of halogens is 3. The fourth-order valence-electron chi connectivity index (χ4n) is 1.93. The van der Waals surface area contributed by atoms with E-state index in [0.717, 1.165) is 27.8 Å². The van der Waals surface area contributed by atoms with Crippen molar-refractivity contribution in [1.29, 1.82) is 0 Å². The molecule has 0 aliphatic carbocycles. The summed E-state index contributed by atoms with van der Waals surface area (Å²) >= 11 is 15.9. The second-order valence-electron chi connectivity index (χ2n) is 4.84. The molecule has 5 heteroatoms. The molecule has 0 fully saturated rings. The molecular weight excluding hydrogens is 347 g/mol. The first-order valence-corrected chi connectivity index (χ1v) is 7.81. The highest BCUT2D eigenvalue weighted by atomic mass is 79.9. The fraction of sp³-hybridized carbons (Fsp3) is 0.357. The van der Waals surface area contributed by atoms with Crippen molar-refractivity contribution in [1.82, 2.24) is 9.78 Å². The maximum absolute atomic E-state index is 6.40. The maximum atomic E-state index is 6.40. The Kier molecular flexibility index (Phi) is 4.93. The number of nitrogens with zero attached hydrogens (tertiary/aromatic N) is 2. The van der Waals surface area contributed by atoms with Crippen molar-refractivity contribution < 1.29 is 0 Å². The minimum Gasteiger partial charge on any atom is -0.222 e. The molecule has 0 aliphatic rings. The Hall–Kier alpha value is -0.510. The van der Waals surface area contributed by atoms with E-state index in [0.29, 0.717) is 17.0 Å². The normalized spacial score (nSPS) is 11.3. The van der Waals surface area contributed by atoms with Gasteiger partial charge < -0.3 is 0 Å². The highest BCUT2D eigenvalue weighted by molar-refractivity contribution is 9.10. The zero-order chi connectivity index (χ0) is 14.0. The SMILES string of the molecule is CC(C)Cc1nn(-c2cccc(Br)c2)c(Cl)c1CCl. The van der Waals surface area contributed by atoms with Crippen LogP contribution in [0.5, 0.6) is 0 Å². The van der Waals surface area contributed by atoms with Gasteiger partial charge in [0.25, 0.3) is 0 Å². The minimum atomic E-state index is 0.384. The van der Waals surface area contributed by atoms with E-state index >= 15 is 0 Å².